The number of rotatable bonds is 7. The van der Waals surface area contributed by atoms with Crippen LogP contribution in [0.2, 0.25) is 0 Å². The fourth-order valence-electron chi connectivity index (χ4n) is 2.76. The van der Waals surface area contributed by atoms with Gasteiger partial charge in [-0.1, -0.05) is 29.8 Å². The van der Waals surface area contributed by atoms with Crippen molar-refractivity contribution in [2.45, 2.75) is 26.2 Å². The molecule has 0 aliphatic carbocycles. The van der Waals surface area contributed by atoms with Crippen molar-refractivity contribution in [3.05, 3.63) is 66.2 Å². The Bertz CT molecular complexity index is 1190. The van der Waals surface area contributed by atoms with Crippen LogP contribution in [0.4, 0.5) is 0 Å². The molecular weight excluding hydrogens is 565 g/mol. The average Bonchev–Trinajstić information content (AvgIpc) is 2.72. The summed E-state index contributed by atoms with van der Waals surface area (Å²) in [5.41, 5.74) is 1.15. The van der Waals surface area contributed by atoms with Crippen molar-refractivity contribution in [3.8, 4) is 5.75 Å². The molecule has 2 aromatic carbocycles. The van der Waals surface area contributed by atoms with Crippen LogP contribution < -0.4 is 10.3 Å². The quantitative estimate of drug-likeness (QED) is 0.323. The Morgan fingerprint density at radius 3 is 2.80 bits per heavy atom. The molecule has 3 rings (SSSR count). The van der Waals surface area contributed by atoms with Crippen molar-refractivity contribution in [1.29, 1.82) is 0 Å². The first-order chi connectivity index (χ1) is 14.3. The minimum atomic E-state index is -1.04. The Labute approximate surface area is 195 Å². The Morgan fingerprint density at radius 1 is 1.37 bits per heavy atom. The smallest absolute Gasteiger partial charge is 0.341 e. The molecule has 7 nitrogen and oxygen atoms in total. The van der Waals surface area contributed by atoms with Gasteiger partial charge >= 0.3 is 5.97 Å². The molecule has 0 saturated heterocycles. The van der Waals surface area contributed by atoms with Crippen LogP contribution in [0, 0.1) is 3.57 Å². The molecule has 0 aliphatic heterocycles. The summed E-state index contributed by atoms with van der Waals surface area (Å²) < 4.78 is 8.13. The van der Waals surface area contributed by atoms with E-state index < -0.39 is 12.6 Å². The van der Waals surface area contributed by atoms with Crippen LogP contribution in [0.3, 0.4) is 0 Å². The number of aromatic nitrogens is 2. The third-order valence-electron chi connectivity index (χ3n) is 4.52. The Hall–Kier alpha value is -2.27. The zero-order valence-electron chi connectivity index (χ0n) is 16.3. The van der Waals surface area contributed by atoms with Gasteiger partial charge in [-0.2, -0.15) is 9.78 Å². The summed E-state index contributed by atoms with van der Waals surface area (Å²) >= 11 is 5.47. The van der Waals surface area contributed by atoms with E-state index in [-0.39, 0.29) is 11.5 Å². The fraction of sp³-hybridized carbons (Fsp3) is 0.238. The third kappa shape index (κ3) is 5.07. The minimum absolute atomic E-state index is 0.0508. The molecule has 1 atom stereocenters. The van der Waals surface area contributed by atoms with Crippen molar-refractivity contribution in [2.75, 3.05) is 6.61 Å². The summed E-state index contributed by atoms with van der Waals surface area (Å²) in [6, 6.07) is 10.7. The molecule has 0 amide bonds. The van der Waals surface area contributed by atoms with Gasteiger partial charge in [0.1, 0.15) is 11.6 Å². The topological polar surface area (TPSA) is 93.8 Å². The van der Waals surface area contributed by atoms with Gasteiger partial charge in [0, 0.05) is 10.4 Å². The molecule has 9 heteroatoms. The number of aliphatic carboxylic acids is 1. The van der Waals surface area contributed by atoms with Gasteiger partial charge in [0.05, 0.1) is 20.7 Å². The van der Waals surface area contributed by atoms with Gasteiger partial charge in [-0.15, -0.1) is 0 Å². The summed E-state index contributed by atoms with van der Waals surface area (Å²) in [5, 5.41) is 13.7. The average molecular weight is 584 g/mol. The van der Waals surface area contributed by atoms with Crippen LogP contribution >= 0.6 is 38.5 Å². The van der Waals surface area contributed by atoms with E-state index in [4.69, 9.17) is 9.84 Å². The second-order valence-corrected chi connectivity index (χ2v) is 8.75. The van der Waals surface area contributed by atoms with Crippen molar-refractivity contribution in [1.82, 2.24) is 9.66 Å². The molecule has 3 aromatic rings. The van der Waals surface area contributed by atoms with Crippen LogP contribution in [0.15, 0.2) is 50.8 Å². The van der Waals surface area contributed by atoms with Crippen molar-refractivity contribution < 1.29 is 14.6 Å². The lowest BCUT2D eigenvalue weighted by Crippen LogP contribution is -2.23. The maximum Gasteiger partial charge on any atom is 0.341 e. The van der Waals surface area contributed by atoms with Crippen LogP contribution in [0.25, 0.3) is 10.9 Å². The number of ether oxygens (including phenoxy) is 1. The third-order valence-corrected chi connectivity index (χ3v) is 5.85. The number of hydrogen-bond donors (Lipinski definition) is 1. The summed E-state index contributed by atoms with van der Waals surface area (Å²) in [5.74, 6) is 0.0909. The molecule has 1 N–H and O–H groups in total. The highest BCUT2D eigenvalue weighted by Crippen LogP contribution is 2.23. The zero-order chi connectivity index (χ0) is 21.8. The lowest BCUT2D eigenvalue weighted by Gasteiger charge is -2.14. The van der Waals surface area contributed by atoms with E-state index in [0.717, 1.165) is 20.0 Å². The van der Waals surface area contributed by atoms with E-state index in [1.807, 2.05) is 26.0 Å². The fourth-order valence-corrected chi connectivity index (χ4v) is 3.81. The second kappa shape index (κ2) is 9.69. The minimum Gasteiger partial charge on any atom is -0.481 e. The monoisotopic (exact) mass is 583 g/mol. The number of fused-ring (bicyclic) bond motifs is 1. The largest absolute Gasteiger partial charge is 0.481 e. The van der Waals surface area contributed by atoms with Gasteiger partial charge in [0.25, 0.3) is 5.56 Å². The lowest BCUT2D eigenvalue weighted by molar-refractivity contribution is -0.139. The Morgan fingerprint density at radius 2 is 2.13 bits per heavy atom. The molecule has 0 radical (unpaired) electrons. The number of carbonyl (C=O) groups is 1. The highest BCUT2D eigenvalue weighted by molar-refractivity contribution is 14.1. The SMILES string of the molecule is CC[C@H](C)c1nc2ccc(Br)cc2c(=O)n1N=Cc1ccc(OCC(=O)O)c(I)c1. The number of halogens is 2. The van der Waals surface area contributed by atoms with Crippen molar-refractivity contribution in [2.24, 2.45) is 5.10 Å². The normalized spacial score (nSPS) is 12.4. The Balaban J connectivity index is 2.02. The summed E-state index contributed by atoms with van der Waals surface area (Å²) in [6.45, 7) is 3.64. The molecule has 0 aliphatic rings. The summed E-state index contributed by atoms with van der Waals surface area (Å²) in [7, 11) is 0. The van der Waals surface area contributed by atoms with Gasteiger partial charge < -0.3 is 9.84 Å². The molecule has 1 aromatic heterocycles. The molecule has 30 heavy (non-hydrogen) atoms. The first kappa shape index (κ1) is 22.4. The molecule has 1 heterocycles. The van der Waals surface area contributed by atoms with Gasteiger partial charge in [-0.3, -0.25) is 4.79 Å². The van der Waals surface area contributed by atoms with Crippen molar-refractivity contribution >= 4 is 61.6 Å². The molecule has 0 fully saturated rings. The lowest BCUT2D eigenvalue weighted by atomic mass is 10.1. The van der Waals surface area contributed by atoms with Crippen LogP contribution in [-0.4, -0.2) is 33.6 Å². The van der Waals surface area contributed by atoms with Gasteiger partial charge in [0.15, 0.2) is 6.61 Å². The maximum absolute atomic E-state index is 13.1. The van der Waals surface area contributed by atoms with Crippen LogP contribution in [0.5, 0.6) is 5.75 Å². The number of carboxylic acid groups (broad SMARTS) is 1. The van der Waals surface area contributed by atoms with E-state index in [0.29, 0.717) is 22.5 Å². The molecule has 0 unspecified atom stereocenters. The predicted molar refractivity (Wildman–Crippen MR) is 128 cm³/mol. The van der Waals surface area contributed by atoms with E-state index in [1.165, 1.54) is 4.68 Å². The van der Waals surface area contributed by atoms with Gasteiger partial charge in [-0.05, 0) is 71.0 Å². The van der Waals surface area contributed by atoms with Crippen LogP contribution in [-0.2, 0) is 4.79 Å². The molecule has 156 valence electrons. The van der Waals surface area contributed by atoms with E-state index in [1.54, 1.807) is 30.5 Å². The standard InChI is InChI=1S/C21H19BrIN3O4/c1-3-12(2)20-25-17-6-5-14(22)9-15(17)21(29)26(20)24-10-13-4-7-18(16(23)8-13)30-11-19(27)28/h4-10,12H,3,11H2,1-2H3,(H,27,28)/t12-/m0/s1. The van der Waals surface area contributed by atoms with Crippen molar-refractivity contribution in [3.63, 3.8) is 0 Å². The first-order valence-electron chi connectivity index (χ1n) is 9.20. The molecule has 0 bridgehead atoms. The second-order valence-electron chi connectivity index (χ2n) is 6.67. The number of nitrogens with zero attached hydrogens (tertiary/aromatic N) is 3. The first-order valence-corrected chi connectivity index (χ1v) is 11.1. The van der Waals surface area contributed by atoms with E-state index >= 15 is 0 Å². The molecule has 0 spiro atoms. The highest BCUT2D eigenvalue weighted by atomic mass is 127. The maximum atomic E-state index is 13.1. The number of hydrogen-bond acceptors (Lipinski definition) is 5. The highest BCUT2D eigenvalue weighted by Gasteiger charge is 2.15. The number of benzene rings is 2. The van der Waals surface area contributed by atoms with Crippen LogP contribution in [0.1, 0.15) is 37.6 Å². The van der Waals surface area contributed by atoms with E-state index in [2.05, 4.69) is 48.6 Å². The summed E-state index contributed by atoms with van der Waals surface area (Å²) in [6.07, 6.45) is 2.40. The zero-order valence-corrected chi connectivity index (χ0v) is 20.0. The van der Waals surface area contributed by atoms with E-state index in [9.17, 15) is 9.59 Å². The molecule has 0 saturated carbocycles. The summed E-state index contributed by atoms with van der Waals surface area (Å²) in [4.78, 5) is 28.5. The predicted octanol–water partition coefficient (Wildman–Crippen LogP) is 4.62. The van der Waals surface area contributed by atoms with Gasteiger partial charge in [-0.25, -0.2) is 9.78 Å². The molecular formula is C21H19BrIN3O4. The number of carboxylic acids is 1. The Kier molecular flexibility index (Phi) is 7.24. The van der Waals surface area contributed by atoms with Gasteiger partial charge in [0.2, 0.25) is 0 Å².